The van der Waals surface area contributed by atoms with Gasteiger partial charge in [0, 0.05) is 19.7 Å². The number of hydrogen-bond donors (Lipinski definition) is 0. The highest BCUT2D eigenvalue weighted by molar-refractivity contribution is 5.79. The fourth-order valence-corrected chi connectivity index (χ4v) is 2.12. The lowest BCUT2D eigenvalue weighted by Crippen LogP contribution is -2.38. The molecular weight excluding hydrogens is 168 g/mol. The van der Waals surface area contributed by atoms with Crippen molar-refractivity contribution in [3.8, 4) is 0 Å². The van der Waals surface area contributed by atoms with Crippen LogP contribution in [0, 0.1) is 0 Å². The molecule has 0 aromatic carbocycles. The Morgan fingerprint density at radius 2 is 2.31 bits per heavy atom. The molecule has 2 atom stereocenters. The molecule has 13 heavy (non-hydrogen) atoms. The van der Waals surface area contributed by atoms with Crippen LogP contribution < -0.4 is 0 Å². The highest BCUT2D eigenvalue weighted by atomic mass is 16.5. The highest BCUT2D eigenvalue weighted by Gasteiger charge is 2.35. The molecule has 0 aromatic heterocycles. The summed E-state index contributed by atoms with van der Waals surface area (Å²) in [6.07, 6.45) is 1.33. The quantitative estimate of drug-likeness (QED) is 0.570. The monoisotopic (exact) mass is 184 g/mol. The molecule has 0 spiro atoms. The van der Waals surface area contributed by atoms with Crippen LogP contribution in [-0.4, -0.2) is 54.7 Å². The SMILES string of the molecule is CC1OCCC1N1CC(=O)N(C)C1. The van der Waals surface area contributed by atoms with Crippen molar-refractivity contribution in [2.24, 2.45) is 0 Å². The molecule has 0 radical (unpaired) electrons. The number of nitrogens with zero attached hydrogens (tertiary/aromatic N) is 2. The topological polar surface area (TPSA) is 32.8 Å². The first kappa shape index (κ1) is 8.97. The number of likely N-dealkylation sites (N-methyl/N-ethyl adjacent to an activating group) is 1. The fourth-order valence-electron chi connectivity index (χ4n) is 2.12. The van der Waals surface area contributed by atoms with Crippen molar-refractivity contribution >= 4 is 5.91 Å². The van der Waals surface area contributed by atoms with Gasteiger partial charge >= 0.3 is 0 Å². The van der Waals surface area contributed by atoms with Gasteiger partial charge in [-0.15, -0.1) is 0 Å². The van der Waals surface area contributed by atoms with E-state index >= 15 is 0 Å². The zero-order valence-corrected chi connectivity index (χ0v) is 8.19. The molecule has 2 unspecified atom stereocenters. The first-order valence-electron chi connectivity index (χ1n) is 4.78. The van der Waals surface area contributed by atoms with Crippen molar-refractivity contribution in [2.45, 2.75) is 25.5 Å². The van der Waals surface area contributed by atoms with E-state index in [1.165, 1.54) is 0 Å². The van der Waals surface area contributed by atoms with Gasteiger partial charge < -0.3 is 9.64 Å². The molecule has 2 rings (SSSR count). The van der Waals surface area contributed by atoms with Crippen molar-refractivity contribution in [3.05, 3.63) is 0 Å². The molecular formula is C9H16N2O2. The van der Waals surface area contributed by atoms with E-state index in [-0.39, 0.29) is 12.0 Å². The number of ether oxygens (including phenoxy) is 1. The predicted octanol–water partition coefficient (Wildman–Crippen LogP) is -0.105. The molecule has 4 nitrogen and oxygen atoms in total. The molecule has 0 aliphatic carbocycles. The Hall–Kier alpha value is -0.610. The minimum Gasteiger partial charge on any atom is -0.377 e. The minimum atomic E-state index is 0.221. The van der Waals surface area contributed by atoms with Gasteiger partial charge in [0.15, 0.2) is 0 Å². The Kier molecular flexibility index (Phi) is 2.26. The first-order chi connectivity index (χ1) is 6.18. The number of carbonyl (C=O) groups excluding carboxylic acids is 1. The minimum absolute atomic E-state index is 0.221. The second-order valence-electron chi connectivity index (χ2n) is 3.91. The van der Waals surface area contributed by atoms with Gasteiger partial charge in [0.1, 0.15) is 0 Å². The third-order valence-corrected chi connectivity index (χ3v) is 2.96. The first-order valence-corrected chi connectivity index (χ1v) is 4.78. The number of carbonyl (C=O) groups is 1. The Morgan fingerprint density at radius 1 is 1.54 bits per heavy atom. The summed E-state index contributed by atoms with van der Waals surface area (Å²) in [6.45, 7) is 4.24. The van der Waals surface area contributed by atoms with Crippen molar-refractivity contribution in [3.63, 3.8) is 0 Å². The molecule has 0 bridgehead atoms. The normalized spacial score (nSPS) is 36.2. The van der Waals surface area contributed by atoms with Crippen LogP contribution in [0.4, 0.5) is 0 Å². The molecule has 2 saturated heterocycles. The summed E-state index contributed by atoms with van der Waals surface area (Å²) in [4.78, 5) is 15.3. The lowest BCUT2D eigenvalue weighted by atomic mass is 10.1. The second-order valence-corrected chi connectivity index (χ2v) is 3.91. The van der Waals surface area contributed by atoms with Crippen LogP contribution in [-0.2, 0) is 9.53 Å². The van der Waals surface area contributed by atoms with Crippen LogP contribution in [0.5, 0.6) is 0 Å². The Morgan fingerprint density at radius 3 is 2.77 bits per heavy atom. The molecule has 74 valence electrons. The maximum absolute atomic E-state index is 11.3. The van der Waals surface area contributed by atoms with Gasteiger partial charge in [-0.25, -0.2) is 0 Å². The van der Waals surface area contributed by atoms with Gasteiger partial charge in [0.2, 0.25) is 5.91 Å². The van der Waals surface area contributed by atoms with Gasteiger partial charge in [-0.2, -0.15) is 0 Å². The largest absolute Gasteiger partial charge is 0.377 e. The van der Waals surface area contributed by atoms with E-state index in [4.69, 9.17) is 4.74 Å². The van der Waals surface area contributed by atoms with Crippen LogP contribution in [0.2, 0.25) is 0 Å². The van der Waals surface area contributed by atoms with Gasteiger partial charge in [-0.05, 0) is 13.3 Å². The number of rotatable bonds is 1. The summed E-state index contributed by atoms with van der Waals surface area (Å²) in [6, 6.07) is 0.439. The van der Waals surface area contributed by atoms with Crippen LogP contribution in [0.25, 0.3) is 0 Å². The summed E-state index contributed by atoms with van der Waals surface area (Å²) >= 11 is 0. The average molecular weight is 184 g/mol. The van der Waals surface area contributed by atoms with E-state index in [1.54, 1.807) is 4.90 Å². The summed E-state index contributed by atoms with van der Waals surface area (Å²) in [7, 11) is 1.85. The van der Waals surface area contributed by atoms with Crippen LogP contribution in [0.15, 0.2) is 0 Å². The molecule has 1 amide bonds. The third-order valence-electron chi connectivity index (χ3n) is 2.96. The molecule has 2 aliphatic rings. The van der Waals surface area contributed by atoms with E-state index in [9.17, 15) is 4.79 Å². The predicted molar refractivity (Wildman–Crippen MR) is 48.2 cm³/mol. The van der Waals surface area contributed by atoms with E-state index < -0.39 is 0 Å². The lowest BCUT2D eigenvalue weighted by Gasteiger charge is -2.24. The molecule has 2 heterocycles. The molecule has 0 saturated carbocycles. The van der Waals surface area contributed by atoms with Crippen LogP contribution >= 0.6 is 0 Å². The zero-order chi connectivity index (χ0) is 9.42. The van der Waals surface area contributed by atoms with Crippen molar-refractivity contribution < 1.29 is 9.53 Å². The maximum Gasteiger partial charge on any atom is 0.237 e. The zero-order valence-electron chi connectivity index (χ0n) is 8.19. The standard InChI is InChI=1S/C9H16N2O2/c1-7-8(3-4-13-7)11-5-9(12)10(2)6-11/h7-8H,3-6H2,1-2H3. The summed E-state index contributed by atoms with van der Waals surface area (Å²) in [5.74, 6) is 0.221. The fraction of sp³-hybridized carbons (Fsp3) is 0.889. The molecule has 0 aromatic rings. The van der Waals surface area contributed by atoms with E-state index in [1.807, 2.05) is 7.05 Å². The lowest BCUT2D eigenvalue weighted by molar-refractivity contribution is -0.125. The van der Waals surface area contributed by atoms with Gasteiger partial charge in [0.25, 0.3) is 0 Å². The van der Waals surface area contributed by atoms with Gasteiger partial charge in [-0.3, -0.25) is 9.69 Å². The van der Waals surface area contributed by atoms with E-state index in [0.717, 1.165) is 19.7 Å². The van der Waals surface area contributed by atoms with Crippen LogP contribution in [0.3, 0.4) is 0 Å². The van der Waals surface area contributed by atoms with E-state index in [2.05, 4.69) is 11.8 Å². The van der Waals surface area contributed by atoms with Crippen molar-refractivity contribution in [1.82, 2.24) is 9.80 Å². The Bertz CT molecular complexity index is 220. The smallest absolute Gasteiger partial charge is 0.237 e. The van der Waals surface area contributed by atoms with E-state index in [0.29, 0.717) is 12.6 Å². The Balaban J connectivity index is 1.98. The maximum atomic E-state index is 11.3. The molecule has 2 aliphatic heterocycles. The Labute approximate surface area is 78.4 Å². The van der Waals surface area contributed by atoms with Crippen molar-refractivity contribution in [1.29, 1.82) is 0 Å². The summed E-state index contributed by atoms with van der Waals surface area (Å²) < 4.78 is 5.48. The molecule has 0 N–H and O–H groups in total. The number of amides is 1. The number of hydrogen-bond acceptors (Lipinski definition) is 3. The van der Waals surface area contributed by atoms with Crippen LogP contribution in [0.1, 0.15) is 13.3 Å². The van der Waals surface area contributed by atoms with Gasteiger partial charge in [0.05, 0.1) is 19.3 Å². The molecule has 4 heteroatoms. The second kappa shape index (κ2) is 3.27. The highest BCUT2D eigenvalue weighted by Crippen LogP contribution is 2.21. The molecule has 2 fully saturated rings. The summed E-state index contributed by atoms with van der Waals surface area (Å²) in [5.41, 5.74) is 0. The average Bonchev–Trinajstić information content (AvgIpc) is 2.60. The van der Waals surface area contributed by atoms with Gasteiger partial charge in [-0.1, -0.05) is 0 Å². The third kappa shape index (κ3) is 1.56. The van der Waals surface area contributed by atoms with Crippen molar-refractivity contribution in [2.75, 3.05) is 26.9 Å². The summed E-state index contributed by atoms with van der Waals surface area (Å²) in [5, 5.41) is 0.